The molecule has 0 unspecified atom stereocenters. The number of ether oxygens (including phenoxy) is 2. The summed E-state index contributed by atoms with van der Waals surface area (Å²) in [6.45, 7) is 6.38. The Bertz CT molecular complexity index is 1310. The number of barbiturate groups is 1. The molecule has 4 amide bonds. The number of nitrogens with zero attached hydrogens (tertiary/aromatic N) is 1. The normalized spacial score (nSPS) is 14.8. The summed E-state index contributed by atoms with van der Waals surface area (Å²) in [7, 11) is 0. The zero-order chi connectivity index (χ0) is 24.9. The van der Waals surface area contributed by atoms with Crippen molar-refractivity contribution in [1.29, 1.82) is 0 Å². The van der Waals surface area contributed by atoms with Gasteiger partial charge in [-0.1, -0.05) is 54.1 Å². The van der Waals surface area contributed by atoms with E-state index in [-0.39, 0.29) is 5.57 Å². The van der Waals surface area contributed by atoms with Gasteiger partial charge in [0.25, 0.3) is 11.8 Å². The van der Waals surface area contributed by atoms with Crippen molar-refractivity contribution < 1.29 is 23.9 Å². The molecule has 1 saturated heterocycles. The Kier molecular flexibility index (Phi) is 6.96. The molecule has 1 aliphatic rings. The largest absolute Gasteiger partial charge is 0.490 e. The van der Waals surface area contributed by atoms with Gasteiger partial charge in [-0.05, 0) is 61.7 Å². The number of urea groups is 1. The van der Waals surface area contributed by atoms with Crippen LogP contribution in [0.4, 0.5) is 10.5 Å². The highest BCUT2D eigenvalue weighted by atomic mass is 16.5. The van der Waals surface area contributed by atoms with Gasteiger partial charge in [-0.3, -0.25) is 14.9 Å². The third kappa shape index (κ3) is 5.24. The van der Waals surface area contributed by atoms with Crippen molar-refractivity contribution in [3.05, 3.63) is 94.6 Å². The van der Waals surface area contributed by atoms with Gasteiger partial charge in [-0.25, -0.2) is 9.69 Å². The topological polar surface area (TPSA) is 84.9 Å². The summed E-state index contributed by atoms with van der Waals surface area (Å²) in [5.41, 5.74) is 3.61. The van der Waals surface area contributed by atoms with E-state index in [0.717, 1.165) is 21.6 Å². The summed E-state index contributed by atoms with van der Waals surface area (Å²) in [5.74, 6) is -0.399. The van der Waals surface area contributed by atoms with Crippen molar-refractivity contribution in [3.63, 3.8) is 0 Å². The van der Waals surface area contributed by atoms with Gasteiger partial charge >= 0.3 is 6.03 Å². The average Bonchev–Trinajstić information content (AvgIpc) is 2.83. The van der Waals surface area contributed by atoms with Gasteiger partial charge in [0.2, 0.25) is 0 Å². The van der Waals surface area contributed by atoms with Crippen LogP contribution in [0.15, 0.2) is 72.3 Å². The van der Waals surface area contributed by atoms with E-state index >= 15 is 0 Å². The summed E-state index contributed by atoms with van der Waals surface area (Å²) in [4.78, 5) is 39.3. The molecule has 0 atom stereocenters. The molecule has 3 aromatic rings. The minimum atomic E-state index is -0.774. The van der Waals surface area contributed by atoms with Gasteiger partial charge in [0.05, 0.1) is 12.3 Å². The number of rotatable bonds is 7. The third-order valence-electron chi connectivity index (χ3n) is 5.51. The van der Waals surface area contributed by atoms with Crippen LogP contribution in [-0.2, 0) is 16.2 Å². The fourth-order valence-corrected chi connectivity index (χ4v) is 3.84. The zero-order valence-corrected chi connectivity index (χ0v) is 19.8. The van der Waals surface area contributed by atoms with Gasteiger partial charge in [0.1, 0.15) is 12.2 Å². The lowest BCUT2D eigenvalue weighted by Crippen LogP contribution is -2.54. The molecule has 35 heavy (non-hydrogen) atoms. The van der Waals surface area contributed by atoms with Crippen LogP contribution in [0.25, 0.3) is 6.08 Å². The second-order valence-corrected chi connectivity index (χ2v) is 8.16. The second kappa shape index (κ2) is 10.3. The number of carbonyl (C=O) groups excluding carboxylic acids is 3. The summed E-state index contributed by atoms with van der Waals surface area (Å²) < 4.78 is 11.7. The molecule has 0 aliphatic carbocycles. The predicted molar refractivity (Wildman–Crippen MR) is 133 cm³/mol. The fraction of sp³-hybridized carbons (Fsp3) is 0.179. The monoisotopic (exact) mass is 470 g/mol. The second-order valence-electron chi connectivity index (χ2n) is 8.16. The first-order valence-electron chi connectivity index (χ1n) is 11.3. The molecular weight excluding hydrogens is 444 g/mol. The van der Waals surface area contributed by atoms with Crippen LogP contribution in [0, 0.1) is 13.8 Å². The molecule has 4 rings (SSSR count). The van der Waals surface area contributed by atoms with Crippen LogP contribution in [0.1, 0.15) is 29.2 Å². The Morgan fingerprint density at radius 2 is 1.66 bits per heavy atom. The molecule has 7 heteroatoms. The van der Waals surface area contributed by atoms with Crippen LogP contribution < -0.4 is 19.7 Å². The first kappa shape index (κ1) is 23.8. The number of carbonyl (C=O) groups is 3. The molecule has 0 spiro atoms. The molecule has 178 valence electrons. The quantitative estimate of drug-likeness (QED) is 0.390. The molecule has 1 aliphatic heterocycles. The van der Waals surface area contributed by atoms with E-state index in [1.165, 1.54) is 6.08 Å². The van der Waals surface area contributed by atoms with Crippen LogP contribution in [-0.4, -0.2) is 24.5 Å². The van der Waals surface area contributed by atoms with Crippen molar-refractivity contribution in [1.82, 2.24) is 5.32 Å². The van der Waals surface area contributed by atoms with Gasteiger partial charge < -0.3 is 9.47 Å². The van der Waals surface area contributed by atoms with Gasteiger partial charge in [-0.15, -0.1) is 0 Å². The third-order valence-corrected chi connectivity index (χ3v) is 5.51. The van der Waals surface area contributed by atoms with Crippen LogP contribution >= 0.6 is 0 Å². The van der Waals surface area contributed by atoms with Crippen LogP contribution in [0.2, 0.25) is 0 Å². The maximum atomic E-state index is 13.2. The molecule has 0 aromatic heterocycles. The first-order chi connectivity index (χ1) is 16.9. The highest BCUT2D eigenvalue weighted by molar-refractivity contribution is 6.39. The Balaban J connectivity index is 1.63. The number of imide groups is 2. The zero-order valence-electron chi connectivity index (χ0n) is 19.8. The molecule has 1 N–H and O–H groups in total. The van der Waals surface area contributed by atoms with E-state index in [9.17, 15) is 14.4 Å². The fourth-order valence-electron chi connectivity index (χ4n) is 3.84. The minimum Gasteiger partial charge on any atom is -0.490 e. The average molecular weight is 471 g/mol. The number of anilines is 1. The van der Waals surface area contributed by atoms with E-state index in [0.29, 0.717) is 36.0 Å². The van der Waals surface area contributed by atoms with Crippen molar-refractivity contribution in [2.45, 2.75) is 27.4 Å². The maximum absolute atomic E-state index is 13.2. The van der Waals surface area contributed by atoms with E-state index in [1.54, 1.807) is 24.3 Å². The number of nitrogens with one attached hydrogen (secondary N) is 1. The maximum Gasteiger partial charge on any atom is 0.335 e. The molecule has 7 nitrogen and oxygen atoms in total. The lowest BCUT2D eigenvalue weighted by atomic mass is 10.0. The number of amides is 4. The van der Waals surface area contributed by atoms with Crippen molar-refractivity contribution in [2.24, 2.45) is 0 Å². The summed E-state index contributed by atoms with van der Waals surface area (Å²) in [6, 6.07) is 19.5. The van der Waals surface area contributed by atoms with Gasteiger partial charge in [-0.2, -0.15) is 0 Å². The Morgan fingerprint density at radius 1 is 0.886 bits per heavy atom. The van der Waals surface area contributed by atoms with E-state index in [2.05, 4.69) is 5.32 Å². The van der Waals surface area contributed by atoms with Gasteiger partial charge in [0, 0.05) is 0 Å². The van der Waals surface area contributed by atoms with Crippen LogP contribution in [0.3, 0.4) is 0 Å². The highest BCUT2D eigenvalue weighted by Crippen LogP contribution is 2.31. The van der Waals surface area contributed by atoms with Gasteiger partial charge in [0.15, 0.2) is 11.5 Å². The molecule has 0 saturated carbocycles. The van der Waals surface area contributed by atoms with E-state index < -0.39 is 17.8 Å². The molecule has 0 bridgehead atoms. The number of aryl methyl sites for hydroxylation is 2. The molecule has 0 radical (unpaired) electrons. The summed E-state index contributed by atoms with van der Waals surface area (Å²) in [5, 5.41) is 2.26. The number of benzene rings is 3. The predicted octanol–water partition coefficient (Wildman–Crippen LogP) is 4.95. The smallest absolute Gasteiger partial charge is 0.335 e. The Morgan fingerprint density at radius 3 is 2.37 bits per heavy atom. The van der Waals surface area contributed by atoms with Crippen molar-refractivity contribution in [3.8, 4) is 11.5 Å². The number of hydrogen-bond donors (Lipinski definition) is 1. The summed E-state index contributed by atoms with van der Waals surface area (Å²) in [6.07, 6.45) is 1.45. The molecule has 1 heterocycles. The van der Waals surface area contributed by atoms with Crippen molar-refractivity contribution in [2.75, 3.05) is 11.5 Å². The van der Waals surface area contributed by atoms with E-state index in [4.69, 9.17) is 9.47 Å². The lowest BCUT2D eigenvalue weighted by Gasteiger charge is -2.27. The SMILES string of the molecule is CCOc1cc(/C=C2\C(=O)NC(=O)N(c3ccc(C)cc3C)C2=O)ccc1OCc1ccccc1. The Labute approximate surface area is 204 Å². The molecule has 3 aromatic carbocycles. The molecular formula is C28H26N2O5. The molecule has 1 fully saturated rings. The lowest BCUT2D eigenvalue weighted by molar-refractivity contribution is -0.122. The first-order valence-corrected chi connectivity index (χ1v) is 11.3. The van der Waals surface area contributed by atoms with E-state index in [1.807, 2.05) is 63.2 Å². The summed E-state index contributed by atoms with van der Waals surface area (Å²) >= 11 is 0. The van der Waals surface area contributed by atoms with Crippen LogP contribution in [0.5, 0.6) is 11.5 Å². The van der Waals surface area contributed by atoms with Crippen molar-refractivity contribution >= 4 is 29.6 Å². The standard InChI is InChI=1S/C28H26N2O5/c1-4-34-25-16-21(11-13-24(25)35-17-20-8-6-5-7-9-20)15-22-26(31)29-28(33)30(27(22)32)23-12-10-18(2)14-19(23)3/h5-16H,4,17H2,1-3H3,(H,29,31,33)/b22-15+. The Hall–Kier alpha value is -4.39. The minimum absolute atomic E-state index is 0.148. The number of hydrogen-bond acceptors (Lipinski definition) is 5. The highest BCUT2D eigenvalue weighted by Gasteiger charge is 2.37.